The number of nitrogens with one attached hydrogen (secondary N) is 1. The maximum atomic E-state index is 12.9. The van der Waals surface area contributed by atoms with E-state index in [1.807, 2.05) is 13.0 Å². The van der Waals surface area contributed by atoms with E-state index < -0.39 is 0 Å². The molecule has 3 nitrogen and oxygen atoms in total. The molecule has 1 aromatic carbocycles. The fraction of sp³-hybridized carbons (Fsp3) is 0.375. The van der Waals surface area contributed by atoms with Crippen LogP contribution in [-0.4, -0.2) is 16.5 Å². The second-order valence-electron chi connectivity index (χ2n) is 4.74. The van der Waals surface area contributed by atoms with Gasteiger partial charge in [-0.05, 0) is 31.0 Å². The highest BCUT2D eigenvalue weighted by molar-refractivity contribution is 5.36. The predicted molar refractivity (Wildman–Crippen MR) is 79.4 cm³/mol. The number of aryl methyl sites for hydroxylation is 1. The van der Waals surface area contributed by atoms with Crippen LogP contribution in [0.2, 0.25) is 0 Å². The molecule has 106 valence electrons. The minimum atomic E-state index is -0.220. The minimum Gasteiger partial charge on any atom is -0.370 e. The smallest absolute Gasteiger partial charge is 0.135 e. The zero-order chi connectivity index (χ0) is 14.4. The summed E-state index contributed by atoms with van der Waals surface area (Å²) in [6.45, 7) is 5.01. The van der Waals surface area contributed by atoms with Crippen molar-refractivity contribution in [3.8, 4) is 0 Å². The van der Waals surface area contributed by atoms with Crippen molar-refractivity contribution in [2.75, 3.05) is 11.9 Å². The first kappa shape index (κ1) is 14.4. The molecule has 4 heteroatoms. The predicted octanol–water partition coefficient (Wildman–Crippen LogP) is 3.59. The van der Waals surface area contributed by atoms with Crippen molar-refractivity contribution < 1.29 is 4.39 Å². The average Bonchev–Trinajstić information content (AvgIpc) is 2.42. The quantitative estimate of drug-likeness (QED) is 0.874. The zero-order valence-corrected chi connectivity index (χ0v) is 12.0. The van der Waals surface area contributed by atoms with Crippen molar-refractivity contribution >= 4 is 5.82 Å². The second kappa shape index (κ2) is 6.98. The molecule has 0 fully saturated rings. The Morgan fingerprint density at radius 1 is 1.10 bits per heavy atom. The van der Waals surface area contributed by atoms with E-state index in [4.69, 9.17) is 0 Å². The van der Waals surface area contributed by atoms with Crippen LogP contribution in [0, 0.1) is 5.82 Å². The van der Waals surface area contributed by atoms with Gasteiger partial charge < -0.3 is 5.32 Å². The van der Waals surface area contributed by atoms with Crippen LogP contribution in [-0.2, 0) is 12.8 Å². The molecule has 0 unspecified atom stereocenters. The minimum absolute atomic E-state index is 0.220. The summed E-state index contributed by atoms with van der Waals surface area (Å²) in [5, 5.41) is 3.23. The van der Waals surface area contributed by atoms with Crippen molar-refractivity contribution in [3.05, 3.63) is 53.2 Å². The Labute approximate surface area is 119 Å². The lowest BCUT2D eigenvalue weighted by Crippen LogP contribution is -2.06. The molecule has 20 heavy (non-hydrogen) atoms. The molecule has 0 saturated heterocycles. The monoisotopic (exact) mass is 273 g/mol. The van der Waals surface area contributed by atoms with Crippen molar-refractivity contribution in [3.63, 3.8) is 0 Å². The third-order valence-electron chi connectivity index (χ3n) is 2.97. The van der Waals surface area contributed by atoms with E-state index in [2.05, 4.69) is 22.2 Å². The number of anilines is 1. The van der Waals surface area contributed by atoms with Crippen LogP contribution < -0.4 is 5.32 Å². The fourth-order valence-corrected chi connectivity index (χ4v) is 2.07. The van der Waals surface area contributed by atoms with Crippen LogP contribution in [0.25, 0.3) is 0 Å². The van der Waals surface area contributed by atoms with Gasteiger partial charge in [0, 0.05) is 24.7 Å². The zero-order valence-electron chi connectivity index (χ0n) is 12.0. The van der Waals surface area contributed by atoms with Gasteiger partial charge in [-0.1, -0.05) is 25.5 Å². The summed E-state index contributed by atoms with van der Waals surface area (Å²) in [7, 11) is 0. The van der Waals surface area contributed by atoms with E-state index in [1.165, 1.54) is 12.1 Å². The maximum absolute atomic E-state index is 12.9. The van der Waals surface area contributed by atoms with Gasteiger partial charge in [0.25, 0.3) is 0 Å². The maximum Gasteiger partial charge on any atom is 0.135 e. The Kier molecular flexibility index (Phi) is 5.04. The number of rotatable bonds is 6. The van der Waals surface area contributed by atoms with Crippen molar-refractivity contribution in [1.82, 2.24) is 9.97 Å². The lowest BCUT2D eigenvalue weighted by molar-refractivity contribution is 0.627. The first-order valence-electron chi connectivity index (χ1n) is 7.06. The van der Waals surface area contributed by atoms with E-state index in [0.717, 1.165) is 42.3 Å². The van der Waals surface area contributed by atoms with Crippen LogP contribution in [0.15, 0.2) is 30.3 Å². The van der Waals surface area contributed by atoms with E-state index in [-0.39, 0.29) is 5.82 Å². The molecule has 2 rings (SSSR count). The van der Waals surface area contributed by atoms with Crippen LogP contribution in [0.5, 0.6) is 0 Å². The van der Waals surface area contributed by atoms with E-state index in [0.29, 0.717) is 6.42 Å². The van der Waals surface area contributed by atoms with Gasteiger partial charge in [0.1, 0.15) is 17.5 Å². The normalized spacial score (nSPS) is 10.6. The largest absolute Gasteiger partial charge is 0.370 e. The molecule has 0 spiro atoms. The molecule has 0 aliphatic rings. The molecule has 1 aromatic heterocycles. The highest BCUT2D eigenvalue weighted by Crippen LogP contribution is 2.12. The highest BCUT2D eigenvalue weighted by atomic mass is 19.1. The van der Waals surface area contributed by atoms with E-state index in [9.17, 15) is 4.39 Å². The lowest BCUT2D eigenvalue weighted by atomic mass is 10.1. The van der Waals surface area contributed by atoms with E-state index in [1.54, 1.807) is 12.1 Å². The van der Waals surface area contributed by atoms with Gasteiger partial charge in [-0.2, -0.15) is 0 Å². The molecule has 2 aromatic rings. The van der Waals surface area contributed by atoms with Gasteiger partial charge in [-0.15, -0.1) is 0 Å². The number of hydrogen-bond donors (Lipinski definition) is 1. The van der Waals surface area contributed by atoms with Crippen LogP contribution in [0.3, 0.4) is 0 Å². The SMILES string of the molecule is CCCc1cc(NCC)nc(Cc2ccc(F)cc2)n1. The molecule has 1 heterocycles. The lowest BCUT2D eigenvalue weighted by Gasteiger charge is -2.08. The Hall–Kier alpha value is -1.97. The molecule has 0 amide bonds. The molecule has 1 N–H and O–H groups in total. The van der Waals surface area contributed by atoms with E-state index >= 15 is 0 Å². The molecular weight excluding hydrogens is 253 g/mol. The molecule has 0 radical (unpaired) electrons. The number of hydrogen-bond acceptors (Lipinski definition) is 3. The Morgan fingerprint density at radius 3 is 2.50 bits per heavy atom. The Morgan fingerprint density at radius 2 is 1.85 bits per heavy atom. The Balaban J connectivity index is 2.22. The van der Waals surface area contributed by atoms with Crippen LogP contribution >= 0.6 is 0 Å². The van der Waals surface area contributed by atoms with Crippen molar-refractivity contribution in [1.29, 1.82) is 0 Å². The third kappa shape index (κ3) is 4.02. The summed E-state index contributed by atoms with van der Waals surface area (Å²) in [4.78, 5) is 9.09. The standard InChI is InChI=1S/C16H20FN3/c1-3-5-14-11-15(18-4-2)20-16(19-14)10-12-6-8-13(17)9-7-12/h6-9,11H,3-5,10H2,1-2H3,(H,18,19,20). The molecule has 0 bridgehead atoms. The summed E-state index contributed by atoms with van der Waals surface area (Å²) in [5.41, 5.74) is 2.07. The summed E-state index contributed by atoms with van der Waals surface area (Å²) in [5.74, 6) is 1.42. The van der Waals surface area contributed by atoms with Gasteiger partial charge in [0.2, 0.25) is 0 Å². The highest BCUT2D eigenvalue weighted by Gasteiger charge is 2.05. The van der Waals surface area contributed by atoms with Gasteiger partial charge >= 0.3 is 0 Å². The average molecular weight is 273 g/mol. The van der Waals surface area contributed by atoms with Gasteiger partial charge in [-0.3, -0.25) is 0 Å². The number of aromatic nitrogens is 2. The fourth-order valence-electron chi connectivity index (χ4n) is 2.07. The number of nitrogens with zero attached hydrogens (tertiary/aromatic N) is 2. The molecule has 0 saturated carbocycles. The summed E-state index contributed by atoms with van der Waals surface area (Å²) in [6, 6.07) is 8.49. The first-order chi connectivity index (χ1) is 9.71. The molecule has 0 aliphatic heterocycles. The summed E-state index contributed by atoms with van der Waals surface area (Å²) >= 11 is 0. The summed E-state index contributed by atoms with van der Waals surface area (Å²) < 4.78 is 12.9. The second-order valence-corrected chi connectivity index (χ2v) is 4.74. The third-order valence-corrected chi connectivity index (χ3v) is 2.97. The Bertz CT molecular complexity index is 528. The first-order valence-corrected chi connectivity index (χ1v) is 7.06. The van der Waals surface area contributed by atoms with Crippen molar-refractivity contribution in [2.24, 2.45) is 0 Å². The van der Waals surface area contributed by atoms with Gasteiger partial charge in [0.05, 0.1) is 0 Å². The molecular formula is C16H20FN3. The van der Waals surface area contributed by atoms with Gasteiger partial charge in [-0.25, -0.2) is 14.4 Å². The molecule has 0 aliphatic carbocycles. The number of halogens is 1. The topological polar surface area (TPSA) is 37.8 Å². The molecule has 0 atom stereocenters. The summed E-state index contributed by atoms with van der Waals surface area (Å²) in [6.07, 6.45) is 2.62. The van der Waals surface area contributed by atoms with Crippen molar-refractivity contribution in [2.45, 2.75) is 33.1 Å². The van der Waals surface area contributed by atoms with Crippen LogP contribution in [0.4, 0.5) is 10.2 Å². The van der Waals surface area contributed by atoms with Crippen LogP contribution in [0.1, 0.15) is 37.4 Å². The van der Waals surface area contributed by atoms with Gasteiger partial charge in [0.15, 0.2) is 0 Å². The number of benzene rings is 1.